The van der Waals surface area contributed by atoms with Crippen molar-refractivity contribution in [2.45, 2.75) is 70.1 Å². The van der Waals surface area contributed by atoms with Crippen molar-refractivity contribution in [1.29, 1.82) is 0 Å². The number of rotatable bonds is 5. The minimum atomic E-state index is -0.569. The Kier molecular flexibility index (Phi) is 6.60. The molecule has 1 saturated carbocycles. The first kappa shape index (κ1) is 20.6. The number of alkyl carbamates (subject to hydrolysis) is 1. The fourth-order valence-corrected chi connectivity index (χ4v) is 4.14. The Morgan fingerprint density at radius 2 is 1.71 bits per heavy atom. The molecule has 2 N–H and O–H groups in total. The third kappa shape index (κ3) is 5.47. The number of ether oxygens (including phenoxy) is 1. The van der Waals surface area contributed by atoms with Crippen LogP contribution in [0.15, 0.2) is 30.3 Å². The lowest BCUT2D eigenvalue weighted by molar-refractivity contribution is -0.137. The van der Waals surface area contributed by atoms with E-state index in [0.29, 0.717) is 5.92 Å². The third-order valence-corrected chi connectivity index (χ3v) is 5.59. The van der Waals surface area contributed by atoms with Crippen molar-refractivity contribution in [3.8, 4) is 0 Å². The molecule has 2 aliphatic rings. The minimum absolute atomic E-state index is 0.00989. The van der Waals surface area contributed by atoms with Gasteiger partial charge in [0, 0.05) is 19.1 Å². The van der Waals surface area contributed by atoms with Gasteiger partial charge in [-0.1, -0.05) is 30.3 Å². The Morgan fingerprint density at radius 1 is 1.07 bits per heavy atom. The second-order valence-electron chi connectivity index (χ2n) is 8.88. The Hall–Kier alpha value is -2.08. The van der Waals surface area contributed by atoms with Gasteiger partial charge in [0.25, 0.3) is 0 Å². The molecule has 0 radical (unpaired) electrons. The molecule has 0 aromatic heterocycles. The average molecular weight is 388 g/mol. The number of amides is 2. The van der Waals surface area contributed by atoms with Gasteiger partial charge in [-0.05, 0) is 57.9 Å². The van der Waals surface area contributed by atoms with E-state index in [0.717, 1.165) is 38.8 Å². The minimum Gasteiger partial charge on any atom is -0.444 e. The van der Waals surface area contributed by atoms with E-state index in [4.69, 9.17) is 4.74 Å². The van der Waals surface area contributed by atoms with E-state index in [2.05, 4.69) is 41.0 Å². The summed E-state index contributed by atoms with van der Waals surface area (Å²) in [4.78, 5) is 26.8. The Morgan fingerprint density at radius 3 is 2.25 bits per heavy atom. The molecule has 1 heterocycles. The molecular weight excluding hydrogens is 354 g/mol. The van der Waals surface area contributed by atoms with Crippen LogP contribution < -0.4 is 10.6 Å². The van der Waals surface area contributed by atoms with Crippen LogP contribution in [0.3, 0.4) is 0 Å². The van der Waals surface area contributed by atoms with Crippen molar-refractivity contribution in [3.05, 3.63) is 35.9 Å². The highest BCUT2D eigenvalue weighted by Crippen LogP contribution is 2.35. The van der Waals surface area contributed by atoms with E-state index in [9.17, 15) is 9.59 Å². The van der Waals surface area contributed by atoms with Crippen LogP contribution in [-0.2, 0) is 9.53 Å². The number of hydrogen-bond acceptors (Lipinski definition) is 4. The molecule has 154 valence electrons. The lowest BCUT2D eigenvalue weighted by atomic mass is 9.80. The van der Waals surface area contributed by atoms with Crippen molar-refractivity contribution < 1.29 is 14.3 Å². The average Bonchev–Trinajstić information content (AvgIpc) is 2.62. The molecule has 1 aliphatic heterocycles. The first-order chi connectivity index (χ1) is 13.3. The molecule has 3 rings (SSSR count). The van der Waals surface area contributed by atoms with E-state index in [-0.39, 0.29) is 24.5 Å². The monoisotopic (exact) mass is 387 g/mol. The molecule has 0 unspecified atom stereocenters. The molecule has 28 heavy (non-hydrogen) atoms. The number of hydrogen-bond donors (Lipinski definition) is 2. The van der Waals surface area contributed by atoms with Gasteiger partial charge in [0.05, 0.1) is 6.04 Å². The van der Waals surface area contributed by atoms with Crippen LogP contribution in [-0.4, -0.2) is 54.2 Å². The molecule has 2 amide bonds. The van der Waals surface area contributed by atoms with Gasteiger partial charge in [0.15, 0.2) is 0 Å². The van der Waals surface area contributed by atoms with Crippen LogP contribution in [0.2, 0.25) is 0 Å². The number of benzene rings is 1. The Bertz CT molecular complexity index is 659. The van der Waals surface area contributed by atoms with Gasteiger partial charge < -0.3 is 20.3 Å². The maximum atomic E-state index is 12.9. The van der Waals surface area contributed by atoms with E-state index in [1.165, 1.54) is 5.56 Å². The third-order valence-electron chi connectivity index (χ3n) is 5.59. The summed E-state index contributed by atoms with van der Waals surface area (Å²) in [7, 11) is 0. The summed E-state index contributed by atoms with van der Waals surface area (Å²) in [5.74, 6) is 0.564. The summed E-state index contributed by atoms with van der Waals surface area (Å²) >= 11 is 0. The lowest BCUT2D eigenvalue weighted by Gasteiger charge is -2.45. The van der Waals surface area contributed by atoms with Crippen molar-refractivity contribution in [1.82, 2.24) is 15.5 Å². The number of nitrogens with one attached hydrogen (secondary N) is 2. The molecule has 6 heteroatoms. The number of carbonyl (C=O) groups is 2. The highest BCUT2D eigenvalue weighted by molar-refractivity contribution is 5.83. The van der Waals surface area contributed by atoms with E-state index in [1.54, 1.807) is 0 Å². The van der Waals surface area contributed by atoms with Crippen molar-refractivity contribution in [2.75, 3.05) is 19.6 Å². The first-order valence-electron chi connectivity index (χ1n) is 10.4. The smallest absolute Gasteiger partial charge is 0.408 e. The second-order valence-corrected chi connectivity index (χ2v) is 8.88. The fourth-order valence-electron chi connectivity index (χ4n) is 4.14. The summed E-state index contributed by atoms with van der Waals surface area (Å²) in [6.45, 7) is 7.08. The van der Waals surface area contributed by atoms with Crippen molar-refractivity contribution in [3.63, 3.8) is 0 Å². The Balaban J connectivity index is 1.55. The van der Waals surface area contributed by atoms with Gasteiger partial charge in [-0.25, -0.2) is 4.79 Å². The van der Waals surface area contributed by atoms with E-state index >= 15 is 0 Å². The summed E-state index contributed by atoms with van der Waals surface area (Å²) in [5, 5.41) is 5.88. The van der Waals surface area contributed by atoms with Crippen LogP contribution in [0.1, 0.15) is 57.9 Å². The fraction of sp³-hybridized carbons (Fsp3) is 0.636. The number of carbonyl (C=O) groups excluding carboxylic acids is 2. The highest BCUT2D eigenvalue weighted by atomic mass is 16.6. The van der Waals surface area contributed by atoms with E-state index in [1.807, 2.05) is 25.7 Å². The van der Waals surface area contributed by atoms with Crippen LogP contribution in [0, 0.1) is 0 Å². The molecule has 1 aromatic rings. The standard InChI is InChI=1S/C22H33N3O3/c1-22(2,3)28-21(27)24-15-20(26)25(19-13-23-14-19)18-11-9-17(10-12-18)16-7-5-4-6-8-16/h4-8,17-19,23H,9-15H2,1-3H3,(H,24,27). The zero-order valence-corrected chi connectivity index (χ0v) is 17.2. The molecular formula is C22H33N3O3. The molecule has 1 saturated heterocycles. The normalized spacial score (nSPS) is 22.8. The van der Waals surface area contributed by atoms with Crippen LogP contribution in [0.4, 0.5) is 4.79 Å². The quantitative estimate of drug-likeness (QED) is 0.815. The topological polar surface area (TPSA) is 70.7 Å². The maximum absolute atomic E-state index is 12.9. The van der Waals surface area contributed by atoms with Gasteiger partial charge in [0.2, 0.25) is 5.91 Å². The molecule has 0 atom stereocenters. The van der Waals surface area contributed by atoms with Crippen LogP contribution in [0.25, 0.3) is 0 Å². The summed E-state index contributed by atoms with van der Waals surface area (Å²) in [6.07, 6.45) is 3.67. The first-order valence-corrected chi connectivity index (χ1v) is 10.4. The summed E-state index contributed by atoms with van der Waals surface area (Å²) < 4.78 is 5.24. The molecule has 1 aromatic carbocycles. The zero-order chi connectivity index (χ0) is 20.1. The molecule has 1 aliphatic carbocycles. The van der Waals surface area contributed by atoms with Crippen molar-refractivity contribution >= 4 is 12.0 Å². The van der Waals surface area contributed by atoms with Crippen molar-refractivity contribution in [2.24, 2.45) is 0 Å². The predicted molar refractivity (Wildman–Crippen MR) is 109 cm³/mol. The number of nitrogens with zero attached hydrogens (tertiary/aromatic N) is 1. The van der Waals surface area contributed by atoms with Gasteiger partial charge in [-0.2, -0.15) is 0 Å². The molecule has 0 bridgehead atoms. The van der Waals surface area contributed by atoms with Gasteiger partial charge in [-0.15, -0.1) is 0 Å². The SMILES string of the molecule is CC(C)(C)OC(=O)NCC(=O)N(C1CCC(c2ccccc2)CC1)C1CNC1. The predicted octanol–water partition coefficient (Wildman–Crippen LogP) is 3.04. The van der Waals surface area contributed by atoms with Gasteiger partial charge in [0.1, 0.15) is 12.1 Å². The summed E-state index contributed by atoms with van der Waals surface area (Å²) in [5.41, 5.74) is 0.830. The molecule has 2 fully saturated rings. The van der Waals surface area contributed by atoms with Gasteiger partial charge >= 0.3 is 6.09 Å². The van der Waals surface area contributed by atoms with Crippen LogP contribution in [0.5, 0.6) is 0 Å². The van der Waals surface area contributed by atoms with E-state index < -0.39 is 11.7 Å². The zero-order valence-electron chi connectivity index (χ0n) is 17.2. The van der Waals surface area contributed by atoms with Crippen LogP contribution >= 0.6 is 0 Å². The second kappa shape index (κ2) is 8.95. The molecule has 6 nitrogen and oxygen atoms in total. The molecule has 0 spiro atoms. The largest absolute Gasteiger partial charge is 0.444 e. The summed E-state index contributed by atoms with van der Waals surface area (Å²) in [6, 6.07) is 11.1. The van der Waals surface area contributed by atoms with Gasteiger partial charge in [-0.3, -0.25) is 4.79 Å². The maximum Gasteiger partial charge on any atom is 0.408 e. The lowest BCUT2D eigenvalue weighted by Crippen LogP contribution is -2.63. The Labute approximate surface area is 168 Å². The highest BCUT2D eigenvalue weighted by Gasteiger charge is 2.36.